The molecule has 8 nitrogen and oxygen atoms in total. The highest BCUT2D eigenvalue weighted by atomic mass is 32.1. The third-order valence-corrected chi connectivity index (χ3v) is 7.44. The Morgan fingerprint density at radius 1 is 1.06 bits per heavy atom. The largest absolute Gasteiger partial charge is 0.447 e. The van der Waals surface area contributed by atoms with Crippen LogP contribution >= 0.6 is 24.0 Å². The fourth-order valence-corrected chi connectivity index (χ4v) is 5.86. The molecule has 1 saturated carbocycles. The summed E-state index contributed by atoms with van der Waals surface area (Å²) in [6.07, 6.45) is 2.56. The summed E-state index contributed by atoms with van der Waals surface area (Å²) in [6.45, 7) is 13.4. The number of nitrogens with zero attached hydrogens (tertiary/aromatic N) is 2. The molecule has 1 aliphatic rings. The van der Waals surface area contributed by atoms with E-state index in [1.165, 1.54) is 0 Å². The maximum atomic E-state index is 12.1. The molecular formula is C26H38N4O4S2. The van der Waals surface area contributed by atoms with Crippen LogP contribution in [0.4, 0.5) is 15.3 Å². The number of amides is 2. The lowest BCUT2D eigenvalue weighted by Crippen LogP contribution is -2.40. The van der Waals surface area contributed by atoms with E-state index < -0.39 is 11.7 Å². The Hall–Kier alpha value is -2.33. The quantitative estimate of drug-likeness (QED) is 0.341. The molecule has 0 unspecified atom stereocenters. The molecule has 2 N–H and O–H groups in total. The Morgan fingerprint density at radius 2 is 1.72 bits per heavy atom. The van der Waals surface area contributed by atoms with E-state index in [9.17, 15) is 9.59 Å². The SMILES string of the molecule is CC(C)OC(=O)Nc1ccc(-c2nnc(C3CCC(NC(=O)OC(C)(C)C)CC3)s2)c(C(C)C)c1S. The van der Waals surface area contributed by atoms with E-state index >= 15 is 0 Å². The van der Waals surface area contributed by atoms with Crippen LogP contribution in [0.15, 0.2) is 17.0 Å². The number of thiol groups is 1. The maximum Gasteiger partial charge on any atom is 0.411 e. The number of nitrogens with one attached hydrogen (secondary N) is 2. The fourth-order valence-electron chi connectivity index (χ4n) is 4.30. The number of ether oxygens (including phenoxy) is 2. The molecule has 0 radical (unpaired) electrons. The summed E-state index contributed by atoms with van der Waals surface area (Å²) in [5.74, 6) is 0.481. The molecule has 1 heterocycles. The number of anilines is 1. The van der Waals surface area contributed by atoms with Crippen molar-refractivity contribution in [2.24, 2.45) is 0 Å². The summed E-state index contributed by atoms with van der Waals surface area (Å²) >= 11 is 6.35. The van der Waals surface area contributed by atoms with E-state index in [1.807, 2.05) is 32.9 Å². The zero-order valence-corrected chi connectivity index (χ0v) is 23.9. The third kappa shape index (κ3) is 7.59. The van der Waals surface area contributed by atoms with Gasteiger partial charge in [-0.3, -0.25) is 5.32 Å². The van der Waals surface area contributed by atoms with Crippen LogP contribution in [-0.4, -0.2) is 40.1 Å². The first-order valence-corrected chi connectivity index (χ1v) is 13.8. The molecule has 2 aromatic rings. The van der Waals surface area contributed by atoms with Gasteiger partial charge < -0.3 is 14.8 Å². The molecular weight excluding hydrogens is 496 g/mol. The lowest BCUT2D eigenvalue weighted by atomic mass is 9.86. The van der Waals surface area contributed by atoms with E-state index in [0.717, 1.165) is 46.8 Å². The second-order valence-electron chi connectivity index (χ2n) is 10.8. The molecule has 2 amide bonds. The minimum Gasteiger partial charge on any atom is -0.447 e. The molecule has 0 aliphatic heterocycles. The number of carbonyl (C=O) groups is 2. The summed E-state index contributed by atoms with van der Waals surface area (Å²) < 4.78 is 10.6. The Bertz CT molecular complexity index is 1070. The van der Waals surface area contributed by atoms with Gasteiger partial charge in [0.2, 0.25) is 0 Å². The summed E-state index contributed by atoms with van der Waals surface area (Å²) in [5.41, 5.74) is 2.09. The number of hydrogen-bond acceptors (Lipinski definition) is 8. The van der Waals surface area contributed by atoms with Crippen molar-refractivity contribution in [2.75, 3.05) is 5.32 Å². The van der Waals surface area contributed by atoms with Gasteiger partial charge in [0.1, 0.15) is 15.6 Å². The number of carbonyl (C=O) groups excluding carboxylic acids is 2. The van der Waals surface area contributed by atoms with Gasteiger partial charge in [0.25, 0.3) is 0 Å². The predicted octanol–water partition coefficient (Wildman–Crippen LogP) is 7.13. The van der Waals surface area contributed by atoms with Crippen molar-refractivity contribution >= 4 is 41.8 Å². The van der Waals surface area contributed by atoms with Crippen LogP contribution in [0.1, 0.15) is 96.6 Å². The highest BCUT2D eigenvalue weighted by molar-refractivity contribution is 7.80. The van der Waals surface area contributed by atoms with E-state index in [-0.39, 0.29) is 24.2 Å². The number of benzene rings is 1. The average molecular weight is 535 g/mol. The van der Waals surface area contributed by atoms with Crippen LogP contribution in [0.2, 0.25) is 0 Å². The van der Waals surface area contributed by atoms with Gasteiger partial charge in [-0.2, -0.15) is 0 Å². The summed E-state index contributed by atoms with van der Waals surface area (Å²) in [5, 5.41) is 16.7. The molecule has 0 spiro atoms. The molecule has 1 aliphatic carbocycles. The van der Waals surface area contributed by atoms with Gasteiger partial charge in [-0.05, 0) is 83.9 Å². The van der Waals surface area contributed by atoms with Crippen molar-refractivity contribution in [3.05, 3.63) is 22.7 Å². The summed E-state index contributed by atoms with van der Waals surface area (Å²) in [7, 11) is 0. The van der Waals surface area contributed by atoms with Crippen LogP contribution in [0.25, 0.3) is 10.6 Å². The molecule has 198 valence electrons. The Morgan fingerprint density at radius 3 is 2.31 bits per heavy atom. The second kappa shape index (κ2) is 11.8. The zero-order valence-electron chi connectivity index (χ0n) is 22.2. The lowest BCUT2D eigenvalue weighted by Gasteiger charge is -2.29. The number of aromatic nitrogens is 2. The summed E-state index contributed by atoms with van der Waals surface area (Å²) in [4.78, 5) is 24.9. The van der Waals surface area contributed by atoms with Crippen LogP contribution < -0.4 is 10.6 Å². The smallest absolute Gasteiger partial charge is 0.411 e. The van der Waals surface area contributed by atoms with Gasteiger partial charge in [0, 0.05) is 22.4 Å². The first kappa shape index (κ1) is 28.2. The van der Waals surface area contributed by atoms with Gasteiger partial charge in [-0.1, -0.05) is 25.2 Å². The first-order chi connectivity index (χ1) is 16.8. The predicted molar refractivity (Wildman–Crippen MR) is 146 cm³/mol. The van der Waals surface area contributed by atoms with Crippen LogP contribution in [0.5, 0.6) is 0 Å². The topological polar surface area (TPSA) is 102 Å². The monoisotopic (exact) mass is 534 g/mol. The van der Waals surface area contributed by atoms with E-state index in [4.69, 9.17) is 22.1 Å². The molecule has 1 aromatic heterocycles. The molecule has 10 heteroatoms. The van der Waals surface area contributed by atoms with Crippen molar-refractivity contribution in [2.45, 2.75) is 109 Å². The minimum absolute atomic E-state index is 0.116. The van der Waals surface area contributed by atoms with Crippen molar-refractivity contribution in [1.29, 1.82) is 0 Å². The van der Waals surface area contributed by atoms with Crippen molar-refractivity contribution in [1.82, 2.24) is 15.5 Å². The van der Waals surface area contributed by atoms with Gasteiger partial charge in [0.15, 0.2) is 0 Å². The Labute approximate surface area is 223 Å². The molecule has 0 saturated heterocycles. The van der Waals surface area contributed by atoms with Crippen LogP contribution in [0.3, 0.4) is 0 Å². The van der Waals surface area contributed by atoms with Crippen molar-refractivity contribution in [3.63, 3.8) is 0 Å². The van der Waals surface area contributed by atoms with Crippen molar-refractivity contribution < 1.29 is 19.1 Å². The van der Waals surface area contributed by atoms with Gasteiger partial charge in [-0.25, -0.2) is 9.59 Å². The first-order valence-electron chi connectivity index (χ1n) is 12.5. The fraction of sp³-hybridized carbons (Fsp3) is 0.615. The van der Waals surface area contributed by atoms with E-state index in [2.05, 4.69) is 34.7 Å². The molecule has 3 rings (SSSR count). The standard InChI is InChI=1S/C26H38N4O4S2/c1-14(2)20-18(12-13-19(21(20)35)28-24(31)33-15(3)4)23-30-29-22(36-23)16-8-10-17(11-9-16)27-25(32)34-26(5,6)7/h12-17,35H,8-11H2,1-7H3,(H,27,32)(H,28,31). The number of rotatable bonds is 6. The number of hydrogen-bond donors (Lipinski definition) is 3. The normalized spacial score (nSPS) is 18.3. The van der Waals surface area contributed by atoms with Crippen LogP contribution in [-0.2, 0) is 9.47 Å². The van der Waals surface area contributed by atoms with Crippen LogP contribution in [0, 0.1) is 0 Å². The van der Waals surface area contributed by atoms with Crippen molar-refractivity contribution in [3.8, 4) is 10.6 Å². The molecule has 0 bridgehead atoms. The second-order valence-corrected chi connectivity index (χ2v) is 12.3. The Balaban J connectivity index is 1.70. The molecule has 36 heavy (non-hydrogen) atoms. The molecule has 0 atom stereocenters. The minimum atomic E-state index is -0.502. The Kier molecular flexibility index (Phi) is 9.27. The lowest BCUT2D eigenvalue weighted by molar-refractivity contribution is 0.0491. The van der Waals surface area contributed by atoms with Gasteiger partial charge in [0.05, 0.1) is 11.8 Å². The maximum absolute atomic E-state index is 12.1. The zero-order chi connectivity index (χ0) is 26.6. The van der Waals surface area contributed by atoms with Gasteiger partial charge >= 0.3 is 12.2 Å². The molecule has 1 aromatic carbocycles. The van der Waals surface area contributed by atoms with E-state index in [1.54, 1.807) is 25.2 Å². The molecule has 1 fully saturated rings. The highest BCUT2D eigenvalue weighted by Crippen LogP contribution is 2.41. The highest BCUT2D eigenvalue weighted by Gasteiger charge is 2.28. The summed E-state index contributed by atoms with van der Waals surface area (Å²) in [6, 6.07) is 3.91. The van der Waals surface area contributed by atoms with Gasteiger partial charge in [-0.15, -0.1) is 22.8 Å². The van der Waals surface area contributed by atoms with E-state index in [0.29, 0.717) is 16.5 Å². The number of alkyl carbamates (subject to hydrolysis) is 1. The average Bonchev–Trinajstić information content (AvgIpc) is 3.23. The third-order valence-electron chi connectivity index (χ3n) is 5.84.